The van der Waals surface area contributed by atoms with Crippen LogP contribution < -0.4 is 0 Å². The highest BCUT2D eigenvalue weighted by atomic mass is 16.3. The number of para-hydroxylation sites is 1. The van der Waals surface area contributed by atoms with Crippen LogP contribution in [0.15, 0.2) is 54.6 Å². The van der Waals surface area contributed by atoms with E-state index in [0.29, 0.717) is 12.8 Å². The molecule has 0 unspecified atom stereocenters. The first-order valence-electron chi connectivity index (χ1n) is 7.38. The fourth-order valence-electron chi connectivity index (χ4n) is 2.50. The van der Waals surface area contributed by atoms with Crippen molar-refractivity contribution >= 4 is 11.6 Å². The summed E-state index contributed by atoms with van der Waals surface area (Å²) in [6, 6.07) is 17.0. The zero-order valence-corrected chi connectivity index (χ0v) is 12.6. The molecule has 0 heterocycles. The molecule has 0 aromatic heterocycles. The highest BCUT2D eigenvalue weighted by molar-refractivity contribution is 5.87. The summed E-state index contributed by atoms with van der Waals surface area (Å²) < 4.78 is 0. The van der Waals surface area contributed by atoms with Crippen molar-refractivity contribution in [2.24, 2.45) is 0 Å². The molecule has 0 aliphatic heterocycles. The van der Waals surface area contributed by atoms with E-state index in [1.54, 1.807) is 12.1 Å². The Morgan fingerprint density at radius 2 is 1.52 bits per heavy atom. The highest BCUT2D eigenvalue weighted by Gasteiger charge is 2.28. The number of phenolic OH excluding ortho intramolecular Hbond substituents is 1. The quantitative estimate of drug-likeness (QED) is 0.794. The zero-order chi connectivity index (χ0) is 15.3. The van der Waals surface area contributed by atoms with Gasteiger partial charge >= 0.3 is 0 Å². The van der Waals surface area contributed by atoms with Crippen molar-refractivity contribution in [3.05, 3.63) is 65.7 Å². The number of aromatic hydroxyl groups is 1. The van der Waals surface area contributed by atoms with Gasteiger partial charge in [-0.2, -0.15) is 0 Å². The van der Waals surface area contributed by atoms with Gasteiger partial charge in [-0.15, -0.1) is 0 Å². The van der Waals surface area contributed by atoms with Crippen LogP contribution in [0.1, 0.15) is 37.8 Å². The highest BCUT2D eigenvalue weighted by Crippen LogP contribution is 2.35. The summed E-state index contributed by atoms with van der Waals surface area (Å²) in [6.07, 6.45) is 3.13. The van der Waals surface area contributed by atoms with Crippen molar-refractivity contribution in [2.45, 2.75) is 32.3 Å². The van der Waals surface area contributed by atoms with Crippen LogP contribution in [0.25, 0.3) is 11.6 Å². The molecule has 0 bridgehead atoms. The molecular formula is C19H22O2. The molecule has 2 heteroatoms. The van der Waals surface area contributed by atoms with Crippen molar-refractivity contribution in [3.63, 3.8) is 0 Å². The van der Waals surface area contributed by atoms with Gasteiger partial charge in [-0.3, -0.25) is 0 Å². The van der Waals surface area contributed by atoms with E-state index in [0.717, 1.165) is 16.7 Å². The summed E-state index contributed by atoms with van der Waals surface area (Å²) in [7, 11) is 0. The number of hydrogen-bond donors (Lipinski definition) is 2. The smallest absolute Gasteiger partial charge is 0.122 e. The molecule has 2 nitrogen and oxygen atoms in total. The van der Waals surface area contributed by atoms with Gasteiger partial charge in [0.15, 0.2) is 0 Å². The SMILES string of the molecule is CCC(O)(CC)/C(=C\c1ccccc1O)c1ccccc1. The van der Waals surface area contributed by atoms with Gasteiger partial charge in [-0.05, 0) is 36.1 Å². The molecule has 0 atom stereocenters. The second kappa shape index (κ2) is 6.59. The summed E-state index contributed by atoms with van der Waals surface area (Å²) in [5, 5.41) is 20.9. The van der Waals surface area contributed by atoms with Gasteiger partial charge in [0.25, 0.3) is 0 Å². The molecule has 2 N–H and O–H groups in total. The van der Waals surface area contributed by atoms with Gasteiger partial charge in [0.2, 0.25) is 0 Å². The van der Waals surface area contributed by atoms with E-state index in [2.05, 4.69) is 0 Å². The lowest BCUT2D eigenvalue weighted by Gasteiger charge is -2.29. The Bertz CT molecular complexity index is 610. The molecule has 0 spiro atoms. The molecule has 0 fully saturated rings. The lowest BCUT2D eigenvalue weighted by molar-refractivity contribution is 0.0941. The van der Waals surface area contributed by atoms with E-state index in [1.807, 2.05) is 62.4 Å². The molecule has 0 saturated heterocycles. The maximum atomic E-state index is 10.9. The molecule has 2 aromatic rings. The van der Waals surface area contributed by atoms with Crippen LogP contribution in [0.4, 0.5) is 0 Å². The Labute approximate surface area is 126 Å². The van der Waals surface area contributed by atoms with Crippen LogP contribution >= 0.6 is 0 Å². The van der Waals surface area contributed by atoms with E-state index in [4.69, 9.17) is 0 Å². The van der Waals surface area contributed by atoms with Crippen molar-refractivity contribution in [2.75, 3.05) is 0 Å². The zero-order valence-electron chi connectivity index (χ0n) is 12.6. The Hall–Kier alpha value is -2.06. The van der Waals surface area contributed by atoms with E-state index in [1.165, 1.54) is 0 Å². The predicted octanol–water partition coefficient (Wildman–Crippen LogP) is 4.48. The third kappa shape index (κ3) is 3.34. The van der Waals surface area contributed by atoms with Crippen LogP contribution in [0.3, 0.4) is 0 Å². The summed E-state index contributed by atoms with van der Waals surface area (Å²) in [5.41, 5.74) is 1.64. The molecule has 0 saturated carbocycles. The fraction of sp³-hybridized carbons (Fsp3) is 0.263. The first kappa shape index (κ1) is 15.3. The largest absolute Gasteiger partial charge is 0.507 e. The van der Waals surface area contributed by atoms with Crippen LogP contribution in [0.2, 0.25) is 0 Å². The lowest BCUT2D eigenvalue weighted by atomic mass is 9.82. The molecule has 110 valence electrons. The van der Waals surface area contributed by atoms with Crippen LogP contribution in [0.5, 0.6) is 5.75 Å². The minimum Gasteiger partial charge on any atom is -0.507 e. The van der Waals surface area contributed by atoms with Gasteiger partial charge in [-0.1, -0.05) is 62.4 Å². The van der Waals surface area contributed by atoms with Gasteiger partial charge in [-0.25, -0.2) is 0 Å². The fourth-order valence-corrected chi connectivity index (χ4v) is 2.50. The number of hydrogen-bond acceptors (Lipinski definition) is 2. The van der Waals surface area contributed by atoms with Crippen molar-refractivity contribution < 1.29 is 10.2 Å². The van der Waals surface area contributed by atoms with Gasteiger partial charge in [0.05, 0.1) is 5.60 Å². The van der Waals surface area contributed by atoms with Crippen molar-refractivity contribution in [3.8, 4) is 5.75 Å². The lowest BCUT2D eigenvalue weighted by Crippen LogP contribution is -2.28. The Morgan fingerprint density at radius 1 is 0.952 bits per heavy atom. The van der Waals surface area contributed by atoms with E-state index in [9.17, 15) is 10.2 Å². The summed E-state index contributed by atoms with van der Waals surface area (Å²) in [6.45, 7) is 3.95. The Balaban J connectivity index is 2.59. The number of aliphatic hydroxyl groups is 1. The molecule has 2 rings (SSSR count). The minimum absolute atomic E-state index is 0.223. The average molecular weight is 282 g/mol. The monoisotopic (exact) mass is 282 g/mol. The number of rotatable bonds is 5. The average Bonchev–Trinajstić information content (AvgIpc) is 2.54. The maximum absolute atomic E-state index is 10.9. The van der Waals surface area contributed by atoms with Crippen LogP contribution in [0, 0.1) is 0 Å². The molecule has 0 radical (unpaired) electrons. The Kier molecular flexibility index (Phi) is 4.81. The molecule has 0 amide bonds. The molecular weight excluding hydrogens is 260 g/mol. The van der Waals surface area contributed by atoms with Gasteiger partial charge < -0.3 is 10.2 Å². The molecule has 2 aromatic carbocycles. The Morgan fingerprint density at radius 3 is 2.10 bits per heavy atom. The third-order valence-corrected chi connectivity index (χ3v) is 3.99. The molecule has 0 aliphatic rings. The second-order valence-electron chi connectivity index (χ2n) is 5.22. The predicted molar refractivity (Wildman–Crippen MR) is 88.0 cm³/mol. The topological polar surface area (TPSA) is 40.5 Å². The van der Waals surface area contributed by atoms with Crippen molar-refractivity contribution in [1.82, 2.24) is 0 Å². The summed E-state index contributed by atoms with van der Waals surface area (Å²) >= 11 is 0. The maximum Gasteiger partial charge on any atom is 0.122 e. The number of phenols is 1. The molecule has 21 heavy (non-hydrogen) atoms. The van der Waals surface area contributed by atoms with E-state index >= 15 is 0 Å². The van der Waals surface area contributed by atoms with E-state index < -0.39 is 5.60 Å². The minimum atomic E-state index is -0.899. The third-order valence-electron chi connectivity index (χ3n) is 3.99. The van der Waals surface area contributed by atoms with E-state index in [-0.39, 0.29) is 5.75 Å². The van der Waals surface area contributed by atoms with Crippen molar-refractivity contribution in [1.29, 1.82) is 0 Å². The number of benzene rings is 2. The first-order chi connectivity index (χ1) is 10.1. The molecule has 0 aliphatic carbocycles. The standard InChI is InChI=1S/C19H22O2/c1-3-19(21,4-2)17(15-10-6-5-7-11-15)14-16-12-8-9-13-18(16)20/h5-14,20-21H,3-4H2,1-2H3/b17-14-. The summed E-state index contributed by atoms with van der Waals surface area (Å²) in [5.74, 6) is 0.223. The van der Waals surface area contributed by atoms with Crippen LogP contribution in [-0.4, -0.2) is 15.8 Å². The van der Waals surface area contributed by atoms with Crippen LogP contribution in [-0.2, 0) is 0 Å². The first-order valence-corrected chi connectivity index (χ1v) is 7.38. The van der Waals surface area contributed by atoms with Gasteiger partial charge in [0, 0.05) is 5.56 Å². The normalized spacial score (nSPS) is 12.4. The summed E-state index contributed by atoms with van der Waals surface area (Å²) in [4.78, 5) is 0. The second-order valence-corrected chi connectivity index (χ2v) is 5.22. The van der Waals surface area contributed by atoms with Gasteiger partial charge in [0.1, 0.15) is 5.75 Å².